The van der Waals surface area contributed by atoms with Gasteiger partial charge in [0.05, 0.1) is 6.61 Å². The second kappa shape index (κ2) is 8.43. The van der Waals surface area contributed by atoms with Gasteiger partial charge in [-0.1, -0.05) is 36.4 Å². The third kappa shape index (κ3) is 5.40. The number of nitrogens with one attached hydrogen (secondary N) is 2. The van der Waals surface area contributed by atoms with Crippen LogP contribution in [0.5, 0.6) is 5.75 Å². The Morgan fingerprint density at radius 2 is 2.14 bits per heavy atom. The van der Waals surface area contributed by atoms with Crippen molar-refractivity contribution in [2.75, 3.05) is 17.7 Å². The number of rotatable bonds is 8. The van der Waals surface area contributed by atoms with Crippen molar-refractivity contribution in [3.63, 3.8) is 0 Å². The molecule has 0 aliphatic carbocycles. The molecule has 0 radical (unpaired) electrons. The van der Waals surface area contributed by atoms with Gasteiger partial charge in [0, 0.05) is 6.42 Å². The molecule has 0 saturated heterocycles. The Morgan fingerprint density at radius 1 is 1.36 bits per heavy atom. The fraction of sp³-hybridized carbons (Fsp3) is 0.400. The van der Waals surface area contributed by atoms with E-state index in [1.54, 1.807) is 0 Å². The lowest BCUT2D eigenvalue weighted by molar-refractivity contribution is -0.116. The normalized spacial score (nSPS) is 10.5. The van der Waals surface area contributed by atoms with Crippen molar-refractivity contribution in [3.05, 3.63) is 29.8 Å². The highest BCUT2D eigenvalue weighted by atomic mass is 32.2. The third-order valence-corrected chi connectivity index (χ3v) is 3.56. The van der Waals surface area contributed by atoms with Crippen LogP contribution in [0.2, 0.25) is 0 Å². The van der Waals surface area contributed by atoms with E-state index < -0.39 is 0 Å². The largest absolute Gasteiger partial charge is 0.494 e. The highest BCUT2D eigenvalue weighted by Gasteiger charge is 2.07. The maximum atomic E-state index is 11.8. The minimum Gasteiger partial charge on any atom is -0.494 e. The van der Waals surface area contributed by atoms with E-state index >= 15 is 0 Å². The fourth-order valence-corrected chi connectivity index (χ4v) is 2.27. The summed E-state index contributed by atoms with van der Waals surface area (Å²) in [5, 5.41) is 10.0. The van der Waals surface area contributed by atoms with Gasteiger partial charge in [0.2, 0.25) is 17.0 Å². The topological polar surface area (TPSA) is 79.9 Å². The predicted octanol–water partition coefficient (Wildman–Crippen LogP) is 3.02. The van der Waals surface area contributed by atoms with E-state index in [0.29, 0.717) is 30.6 Å². The Morgan fingerprint density at radius 3 is 2.86 bits per heavy atom. The maximum Gasteiger partial charge on any atom is 0.226 e. The summed E-state index contributed by atoms with van der Waals surface area (Å²) in [6.45, 7) is 4.55. The van der Waals surface area contributed by atoms with Gasteiger partial charge in [0.25, 0.3) is 0 Å². The first-order valence-corrected chi connectivity index (χ1v) is 8.20. The van der Waals surface area contributed by atoms with Crippen molar-refractivity contribution in [3.8, 4) is 5.75 Å². The van der Waals surface area contributed by atoms with E-state index in [0.717, 1.165) is 11.5 Å². The van der Waals surface area contributed by atoms with Crippen molar-refractivity contribution < 1.29 is 9.53 Å². The summed E-state index contributed by atoms with van der Waals surface area (Å²) in [6.07, 6.45) is 1.02. The van der Waals surface area contributed by atoms with Crippen LogP contribution in [-0.4, -0.2) is 33.4 Å². The van der Waals surface area contributed by atoms with Crippen LogP contribution in [0.15, 0.2) is 29.4 Å². The van der Waals surface area contributed by atoms with Gasteiger partial charge in [-0.2, -0.15) is 4.98 Å². The van der Waals surface area contributed by atoms with Gasteiger partial charge in [-0.05, 0) is 31.2 Å². The molecule has 0 saturated carbocycles. The first kappa shape index (κ1) is 16.4. The number of H-pyrrole nitrogens is 1. The van der Waals surface area contributed by atoms with Crippen molar-refractivity contribution in [2.24, 2.45) is 0 Å². The minimum atomic E-state index is -0.100. The zero-order chi connectivity index (χ0) is 15.8. The van der Waals surface area contributed by atoms with Crippen molar-refractivity contribution in [2.45, 2.75) is 31.8 Å². The number of aromatic nitrogens is 3. The van der Waals surface area contributed by atoms with Crippen LogP contribution in [0.1, 0.15) is 25.3 Å². The lowest BCUT2D eigenvalue weighted by Crippen LogP contribution is -2.13. The molecule has 22 heavy (non-hydrogen) atoms. The quantitative estimate of drug-likeness (QED) is 0.577. The maximum absolute atomic E-state index is 11.8. The molecule has 1 heterocycles. The highest BCUT2D eigenvalue weighted by molar-refractivity contribution is 7.99. The third-order valence-electron chi connectivity index (χ3n) is 2.83. The molecule has 0 aliphatic rings. The number of aromatic amines is 1. The number of carbonyl (C=O) groups is 1. The molecule has 1 aromatic carbocycles. The fourth-order valence-electron chi connectivity index (χ4n) is 1.75. The van der Waals surface area contributed by atoms with Crippen molar-refractivity contribution in [1.82, 2.24) is 15.2 Å². The molecule has 1 aromatic heterocycles. The van der Waals surface area contributed by atoms with Crippen molar-refractivity contribution in [1.29, 1.82) is 0 Å². The molecule has 0 bridgehead atoms. The van der Waals surface area contributed by atoms with Crippen LogP contribution in [-0.2, 0) is 4.79 Å². The van der Waals surface area contributed by atoms with Gasteiger partial charge in [0.1, 0.15) is 5.75 Å². The number of hydrogen-bond acceptors (Lipinski definition) is 5. The molecule has 6 nitrogen and oxygen atoms in total. The van der Waals surface area contributed by atoms with E-state index in [-0.39, 0.29) is 5.91 Å². The Hall–Kier alpha value is -2.02. The average molecular weight is 320 g/mol. The summed E-state index contributed by atoms with van der Waals surface area (Å²) in [6, 6.07) is 7.85. The number of aryl methyl sites for hydroxylation is 1. The van der Waals surface area contributed by atoms with Crippen LogP contribution in [0.3, 0.4) is 0 Å². The van der Waals surface area contributed by atoms with Crippen LogP contribution in [0, 0.1) is 6.92 Å². The first-order chi connectivity index (χ1) is 10.7. The zero-order valence-electron chi connectivity index (χ0n) is 12.8. The Balaban J connectivity index is 1.65. The molecule has 7 heteroatoms. The summed E-state index contributed by atoms with van der Waals surface area (Å²) in [5.41, 5.74) is 1.19. The number of amides is 1. The lowest BCUT2D eigenvalue weighted by atomic mass is 10.2. The molecule has 0 fully saturated rings. The standard InChI is InChI=1S/C15H20N4O2S/c1-3-22-15-17-14(18-19-15)16-13(20)5-4-10-21-12-8-6-11(2)7-9-12/h6-9H,3-5,10H2,1-2H3,(H2,16,17,18,19,20). The lowest BCUT2D eigenvalue weighted by Gasteiger charge is -2.06. The number of nitrogens with zero attached hydrogens (tertiary/aromatic N) is 2. The predicted molar refractivity (Wildman–Crippen MR) is 87.3 cm³/mol. The monoisotopic (exact) mass is 320 g/mol. The second-order valence-electron chi connectivity index (χ2n) is 4.71. The molecule has 1 amide bonds. The second-order valence-corrected chi connectivity index (χ2v) is 5.94. The molecule has 0 atom stereocenters. The van der Waals surface area contributed by atoms with Crippen molar-refractivity contribution >= 4 is 23.6 Å². The van der Waals surface area contributed by atoms with Crippen LogP contribution < -0.4 is 10.1 Å². The smallest absolute Gasteiger partial charge is 0.226 e. The van der Waals surface area contributed by atoms with Gasteiger partial charge in [-0.15, -0.1) is 5.10 Å². The van der Waals surface area contributed by atoms with E-state index in [2.05, 4.69) is 20.5 Å². The van der Waals surface area contributed by atoms with E-state index in [4.69, 9.17) is 4.74 Å². The Labute approximate surface area is 134 Å². The number of benzene rings is 1. The Kier molecular flexibility index (Phi) is 6.27. The highest BCUT2D eigenvalue weighted by Crippen LogP contribution is 2.13. The molecule has 0 spiro atoms. The summed E-state index contributed by atoms with van der Waals surface area (Å²) in [7, 11) is 0. The molecular formula is C15H20N4O2S. The minimum absolute atomic E-state index is 0.100. The number of anilines is 1. The SMILES string of the molecule is CCSc1n[nH]c(NC(=O)CCCOc2ccc(C)cc2)n1. The molecular weight excluding hydrogens is 300 g/mol. The number of hydrogen-bond donors (Lipinski definition) is 2. The molecule has 0 aliphatic heterocycles. The first-order valence-electron chi connectivity index (χ1n) is 7.22. The van der Waals surface area contributed by atoms with Crippen LogP contribution in [0.25, 0.3) is 0 Å². The molecule has 118 valence electrons. The van der Waals surface area contributed by atoms with E-state index in [1.165, 1.54) is 17.3 Å². The number of carbonyl (C=O) groups excluding carboxylic acids is 1. The summed E-state index contributed by atoms with van der Waals surface area (Å²) < 4.78 is 5.58. The molecule has 2 rings (SSSR count). The average Bonchev–Trinajstić information content (AvgIpc) is 2.93. The summed E-state index contributed by atoms with van der Waals surface area (Å²) >= 11 is 1.52. The zero-order valence-corrected chi connectivity index (χ0v) is 13.6. The Bertz CT molecular complexity index is 598. The van der Waals surface area contributed by atoms with Gasteiger partial charge < -0.3 is 4.74 Å². The summed E-state index contributed by atoms with van der Waals surface area (Å²) in [5.74, 6) is 2.00. The van der Waals surface area contributed by atoms with Gasteiger partial charge in [-0.25, -0.2) is 5.10 Å². The number of thioether (sulfide) groups is 1. The molecule has 0 unspecified atom stereocenters. The number of ether oxygens (including phenoxy) is 1. The molecule has 2 N–H and O–H groups in total. The van der Waals surface area contributed by atoms with Gasteiger partial charge in [-0.3, -0.25) is 10.1 Å². The van der Waals surface area contributed by atoms with Crippen LogP contribution in [0.4, 0.5) is 5.95 Å². The van der Waals surface area contributed by atoms with Gasteiger partial charge >= 0.3 is 0 Å². The molecule has 2 aromatic rings. The van der Waals surface area contributed by atoms with Gasteiger partial charge in [0.15, 0.2) is 0 Å². The summed E-state index contributed by atoms with van der Waals surface area (Å²) in [4.78, 5) is 15.9. The van der Waals surface area contributed by atoms with Crippen LogP contribution >= 0.6 is 11.8 Å². The van der Waals surface area contributed by atoms with E-state index in [9.17, 15) is 4.79 Å². The van der Waals surface area contributed by atoms with E-state index in [1.807, 2.05) is 38.1 Å².